The van der Waals surface area contributed by atoms with Crippen molar-refractivity contribution in [2.45, 2.75) is 49.2 Å². The third-order valence-electron chi connectivity index (χ3n) is 6.86. The lowest BCUT2D eigenvalue weighted by molar-refractivity contribution is -0.132. The number of hydrogen-bond acceptors (Lipinski definition) is 8. The molecule has 0 saturated carbocycles. The Morgan fingerprint density at radius 3 is 2.40 bits per heavy atom. The predicted octanol–water partition coefficient (Wildman–Crippen LogP) is 7.47. The molecule has 1 atom stereocenters. The van der Waals surface area contributed by atoms with Crippen molar-refractivity contribution in [2.75, 3.05) is 11.5 Å². The number of aliphatic hydroxyl groups is 1. The normalized spacial score (nSPS) is 16.3. The lowest BCUT2D eigenvalue weighted by Gasteiger charge is -2.22. The number of ketones is 1. The second-order valence-corrected chi connectivity index (χ2v) is 12.1. The molecule has 10 heteroatoms. The van der Waals surface area contributed by atoms with Gasteiger partial charge in [0.05, 0.1) is 18.2 Å². The molecule has 5 rings (SSSR count). The highest BCUT2D eigenvalue weighted by Crippen LogP contribution is 2.44. The van der Waals surface area contributed by atoms with Crippen molar-refractivity contribution < 1.29 is 23.8 Å². The molecule has 7 nitrogen and oxygen atoms in total. The lowest BCUT2D eigenvalue weighted by Crippen LogP contribution is -2.29. The van der Waals surface area contributed by atoms with Crippen LogP contribution in [0, 0.1) is 12.7 Å². The number of aryl methyl sites for hydroxylation is 1. The van der Waals surface area contributed by atoms with E-state index in [0.717, 1.165) is 24.8 Å². The van der Waals surface area contributed by atoms with Crippen LogP contribution in [0.4, 0.5) is 9.52 Å². The monoisotopic (exact) mass is 603 g/mol. The average Bonchev–Trinajstić information content (AvgIpc) is 3.57. The standard InChI is InChI=1S/C32H30FN3O4S2/c1-3-4-5-18-40-25-16-12-22(13-17-25)27-26(28(37)23-10-14-24(33)15-11-23)29(38)30(39)36(27)31-34-35-32(42-31)41-19-21-8-6-20(2)7-9-21/h6-17,27,37H,3-5,18-19H2,1-2H3/b28-26-. The van der Waals surface area contributed by atoms with Gasteiger partial charge in [-0.1, -0.05) is 84.8 Å². The van der Waals surface area contributed by atoms with E-state index in [1.165, 1.54) is 57.8 Å². The second-order valence-electron chi connectivity index (χ2n) is 9.93. The summed E-state index contributed by atoms with van der Waals surface area (Å²) >= 11 is 2.69. The highest BCUT2D eigenvalue weighted by Gasteiger charge is 2.48. The first kappa shape index (κ1) is 29.5. The Balaban J connectivity index is 1.48. The molecule has 0 bridgehead atoms. The van der Waals surface area contributed by atoms with Crippen LogP contribution in [-0.4, -0.2) is 33.6 Å². The minimum absolute atomic E-state index is 0.104. The molecule has 1 aromatic heterocycles. The van der Waals surface area contributed by atoms with Crippen LogP contribution in [0.2, 0.25) is 0 Å². The van der Waals surface area contributed by atoms with Gasteiger partial charge < -0.3 is 9.84 Å². The largest absolute Gasteiger partial charge is 0.507 e. The molecule has 0 aliphatic carbocycles. The first-order valence-electron chi connectivity index (χ1n) is 13.7. The number of halogens is 1. The number of aliphatic hydroxyl groups excluding tert-OH is 1. The van der Waals surface area contributed by atoms with Crippen molar-refractivity contribution in [2.24, 2.45) is 0 Å². The van der Waals surface area contributed by atoms with E-state index in [-0.39, 0.29) is 22.0 Å². The molecular formula is C32H30FN3O4S2. The maximum Gasteiger partial charge on any atom is 0.301 e. The van der Waals surface area contributed by atoms with Gasteiger partial charge in [-0.25, -0.2) is 4.39 Å². The summed E-state index contributed by atoms with van der Waals surface area (Å²) in [7, 11) is 0. The van der Waals surface area contributed by atoms with Crippen LogP contribution >= 0.6 is 23.1 Å². The van der Waals surface area contributed by atoms with Crippen LogP contribution in [-0.2, 0) is 15.3 Å². The lowest BCUT2D eigenvalue weighted by atomic mass is 9.95. The number of Topliss-reactive ketones (excluding diaryl/α,β-unsaturated/α-hetero) is 1. The Morgan fingerprint density at radius 2 is 1.71 bits per heavy atom. The zero-order chi connectivity index (χ0) is 29.6. The number of carbonyl (C=O) groups excluding carboxylic acids is 2. The van der Waals surface area contributed by atoms with Crippen LogP contribution in [0.15, 0.2) is 82.7 Å². The summed E-state index contributed by atoms with van der Waals surface area (Å²) in [4.78, 5) is 28.2. The summed E-state index contributed by atoms with van der Waals surface area (Å²) in [6.07, 6.45) is 3.10. The number of amides is 1. The number of aromatic nitrogens is 2. The maximum absolute atomic E-state index is 13.6. The highest BCUT2D eigenvalue weighted by atomic mass is 32.2. The summed E-state index contributed by atoms with van der Waals surface area (Å²) in [5, 5.41) is 20.0. The number of anilines is 1. The zero-order valence-corrected chi connectivity index (χ0v) is 24.9. The van der Waals surface area contributed by atoms with E-state index in [1.54, 1.807) is 24.3 Å². The van der Waals surface area contributed by atoms with Crippen LogP contribution in [0.5, 0.6) is 5.75 Å². The van der Waals surface area contributed by atoms with Crippen LogP contribution in [0.3, 0.4) is 0 Å². The molecule has 1 fully saturated rings. The fourth-order valence-corrected chi connectivity index (χ4v) is 6.41. The SMILES string of the molecule is CCCCCOc1ccc(C2/C(=C(/O)c3ccc(F)cc3)C(=O)C(=O)N2c2nnc(SCc3ccc(C)cc3)s2)cc1. The minimum atomic E-state index is -0.966. The van der Waals surface area contributed by atoms with Crippen molar-refractivity contribution in [3.8, 4) is 5.75 Å². The molecule has 3 aromatic carbocycles. The van der Waals surface area contributed by atoms with E-state index in [9.17, 15) is 19.1 Å². The summed E-state index contributed by atoms with van der Waals surface area (Å²) in [6.45, 7) is 4.74. The van der Waals surface area contributed by atoms with Crippen molar-refractivity contribution in [3.05, 3.63) is 106 Å². The van der Waals surface area contributed by atoms with E-state index >= 15 is 0 Å². The Morgan fingerprint density at radius 1 is 1.00 bits per heavy atom. The number of ether oxygens (including phenoxy) is 1. The van der Waals surface area contributed by atoms with Gasteiger partial charge in [-0.05, 0) is 60.9 Å². The van der Waals surface area contributed by atoms with Gasteiger partial charge in [-0.2, -0.15) is 0 Å². The fourth-order valence-electron chi connectivity index (χ4n) is 4.58. The number of nitrogens with zero attached hydrogens (tertiary/aromatic N) is 3. The Kier molecular flexibility index (Phi) is 9.34. The van der Waals surface area contributed by atoms with E-state index in [1.807, 2.05) is 19.1 Å². The van der Waals surface area contributed by atoms with Crippen molar-refractivity contribution in [3.63, 3.8) is 0 Å². The predicted molar refractivity (Wildman–Crippen MR) is 163 cm³/mol. The molecule has 42 heavy (non-hydrogen) atoms. The number of hydrogen-bond donors (Lipinski definition) is 1. The van der Waals surface area contributed by atoms with E-state index in [0.29, 0.717) is 28.0 Å². The van der Waals surface area contributed by atoms with Gasteiger partial charge >= 0.3 is 5.91 Å². The molecule has 1 amide bonds. The van der Waals surface area contributed by atoms with Crippen LogP contribution in [0.1, 0.15) is 54.5 Å². The zero-order valence-electron chi connectivity index (χ0n) is 23.2. The van der Waals surface area contributed by atoms with Gasteiger partial charge in [0, 0.05) is 11.3 Å². The van der Waals surface area contributed by atoms with Gasteiger partial charge in [0.2, 0.25) is 5.13 Å². The Hall–Kier alpha value is -4.02. The Bertz CT molecular complexity index is 1590. The van der Waals surface area contributed by atoms with Gasteiger partial charge in [-0.15, -0.1) is 10.2 Å². The van der Waals surface area contributed by atoms with Crippen LogP contribution in [0.25, 0.3) is 5.76 Å². The van der Waals surface area contributed by atoms with Gasteiger partial charge in [-0.3, -0.25) is 14.5 Å². The Labute approximate surface area is 252 Å². The van der Waals surface area contributed by atoms with Gasteiger partial charge in [0.1, 0.15) is 17.3 Å². The summed E-state index contributed by atoms with van der Waals surface area (Å²) < 4.78 is 20.1. The molecule has 0 spiro atoms. The maximum atomic E-state index is 13.6. The van der Waals surface area contributed by atoms with E-state index in [4.69, 9.17) is 4.74 Å². The second kappa shape index (κ2) is 13.3. The summed E-state index contributed by atoms with van der Waals surface area (Å²) in [5.74, 6) is -1.22. The summed E-state index contributed by atoms with van der Waals surface area (Å²) in [5.41, 5.74) is 3.00. The molecule has 1 saturated heterocycles. The molecule has 216 valence electrons. The third-order valence-corrected chi connectivity index (χ3v) is 8.99. The fraction of sp³-hybridized carbons (Fsp3) is 0.250. The number of rotatable bonds is 11. The van der Waals surface area contributed by atoms with Crippen molar-refractivity contribution in [1.29, 1.82) is 0 Å². The number of thioether (sulfide) groups is 1. The minimum Gasteiger partial charge on any atom is -0.507 e. The van der Waals surface area contributed by atoms with E-state index < -0.39 is 23.5 Å². The average molecular weight is 604 g/mol. The highest BCUT2D eigenvalue weighted by molar-refractivity contribution is 8.00. The first-order chi connectivity index (χ1) is 20.4. The quantitative estimate of drug-likeness (QED) is 0.0475. The molecule has 1 N–H and O–H groups in total. The van der Waals surface area contributed by atoms with Crippen molar-refractivity contribution >= 4 is 45.7 Å². The molecule has 4 aromatic rings. The summed E-state index contributed by atoms with van der Waals surface area (Å²) in [6, 6.07) is 19.4. The number of carbonyl (C=O) groups is 2. The molecule has 0 radical (unpaired) electrons. The molecule has 1 aliphatic heterocycles. The van der Waals surface area contributed by atoms with Gasteiger partial charge in [0.25, 0.3) is 5.78 Å². The van der Waals surface area contributed by atoms with Crippen molar-refractivity contribution in [1.82, 2.24) is 10.2 Å². The number of benzene rings is 3. The smallest absolute Gasteiger partial charge is 0.301 e. The van der Waals surface area contributed by atoms with Gasteiger partial charge in [0.15, 0.2) is 4.34 Å². The molecule has 2 heterocycles. The molecule has 1 unspecified atom stereocenters. The number of unbranched alkanes of at least 4 members (excludes halogenated alkanes) is 2. The topological polar surface area (TPSA) is 92.6 Å². The van der Waals surface area contributed by atoms with Crippen LogP contribution < -0.4 is 9.64 Å². The molecule has 1 aliphatic rings. The molecular weight excluding hydrogens is 574 g/mol. The first-order valence-corrected chi connectivity index (χ1v) is 15.5. The third kappa shape index (κ3) is 6.55. The van der Waals surface area contributed by atoms with E-state index in [2.05, 4.69) is 29.3 Å².